The first-order valence-corrected chi connectivity index (χ1v) is 8.65. The van der Waals surface area contributed by atoms with Crippen LogP contribution in [-0.2, 0) is 6.54 Å². The molecule has 0 fully saturated rings. The van der Waals surface area contributed by atoms with Gasteiger partial charge in [0.2, 0.25) is 0 Å². The molecule has 0 aliphatic heterocycles. The lowest BCUT2D eigenvalue weighted by atomic mass is 10.2. The van der Waals surface area contributed by atoms with Crippen LogP contribution in [0.5, 0.6) is 0 Å². The van der Waals surface area contributed by atoms with Crippen LogP contribution in [0.25, 0.3) is 0 Å². The van der Waals surface area contributed by atoms with Gasteiger partial charge in [0.05, 0.1) is 0 Å². The van der Waals surface area contributed by atoms with Gasteiger partial charge in [-0.2, -0.15) is 0 Å². The fraction of sp³-hybridized carbons (Fsp3) is 0.350. The Morgan fingerprint density at radius 2 is 1.81 bits per heavy atom. The van der Waals surface area contributed by atoms with Crippen LogP contribution in [0.15, 0.2) is 48.7 Å². The number of rotatable bonds is 8. The fourth-order valence-corrected chi connectivity index (χ4v) is 2.51. The molecule has 0 atom stereocenters. The van der Waals surface area contributed by atoms with E-state index in [0.29, 0.717) is 18.7 Å². The zero-order valence-electron chi connectivity index (χ0n) is 15.6. The first kappa shape index (κ1) is 19.6. The molecule has 138 valence electrons. The summed E-state index contributed by atoms with van der Waals surface area (Å²) >= 11 is 0. The van der Waals surface area contributed by atoms with Crippen LogP contribution >= 0.6 is 0 Å². The molecule has 2 rings (SSSR count). The third-order valence-electron chi connectivity index (χ3n) is 3.92. The summed E-state index contributed by atoms with van der Waals surface area (Å²) in [5.74, 6) is -0.401. The minimum atomic E-state index is -0.212. The Morgan fingerprint density at radius 3 is 2.50 bits per heavy atom. The number of pyridine rings is 1. The maximum Gasteiger partial charge on any atom is 0.272 e. The summed E-state index contributed by atoms with van der Waals surface area (Å²) in [6.45, 7) is 1.99. The lowest BCUT2D eigenvalue weighted by molar-refractivity contribution is 0.0779. The van der Waals surface area contributed by atoms with Crippen LogP contribution in [0, 0.1) is 0 Å². The number of carbonyl (C=O) groups excluding carboxylic acids is 2. The Kier molecular flexibility index (Phi) is 7.29. The van der Waals surface area contributed by atoms with Crippen molar-refractivity contribution in [2.45, 2.75) is 13.0 Å². The first-order valence-electron chi connectivity index (χ1n) is 8.65. The lowest BCUT2D eigenvalue weighted by Gasteiger charge is -2.17. The molecule has 1 heterocycles. The van der Waals surface area contributed by atoms with Crippen LogP contribution in [0.1, 0.15) is 32.8 Å². The second-order valence-electron chi connectivity index (χ2n) is 6.49. The number of hydrogen-bond donors (Lipinski definition) is 1. The molecule has 26 heavy (non-hydrogen) atoms. The van der Waals surface area contributed by atoms with Gasteiger partial charge in [-0.25, -0.2) is 0 Å². The molecule has 1 aromatic heterocycles. The monoisotopic (exact) mass is 354 g/mol. The van der Waals surface area contributed by atoms with E-state index in [1.807, 2.05) is 44.4 Å². The van der Waals surface area contributed by atoms with Crippen LogP contribution in [0.4, 0.5) is 0 Å². The van der Waals surface area contributed by atoms with Gasteiger partial charge in [0, 0.05) is 31.9 Å². The van der Waals surface area contributed by atoms with E-state index in [1.165, 1.54) is 6.20 Å². The Bertz CT molecular complexity index is 732. The van der Waals surface area contributed by atoms with Crippen molar-refractivity contribution in [1.29, 1.82) is 0 Å². The predicted molar refractivity (Wildman–Crippen MR) is 102 cm³/mol. The first-order chi connectivity index (χ1) is 12.5. The highest BCUT2D eigenvalue weighted by Crippen LogP contribution is 2.08. The summed E-state index contributed by atoms with van der Waals surface area (Å²) in [6, 6.07) is 12.9. The number of nitrogens with one attached hydrogen (secondary N) is 1. The van der Waals surface area contributed by atoms with E-state index in [1.54, 1.807) is 24.1 Å². The highest BCUT2D eigenvalue weighted by atomic mass is 16.2. The lowest BCUT2D eigenvalue weighted by Crippen LogP contribution is -2.29. The molecular formula is C20H26N4O2. The summed E-state index contributed by atoms with van der Waals surface area (Å²) in [5.41, 5.74) is 1.75. The molecule has 0 saturated carbocycles. The molecule has 6 heteroatoms. The minimum absolute atomic E-state index is 0.189. The van der Waals surface area contributed by atoms with E-state index < -0.39 is 0 Å². The molecule has 6 nitrogen and oxygen atoms in total. The fourth-order valence-electron chi connectivity index (χ4n) is 2.51. The van der Waals surface area contributed by atoms with Crippen molar-refractivity contribution in [1.82, 2.24) is 20.1 Å². The van der Waals surface area contributed by atoms with Crippen molar-refractivity contribution in [3.63, 3.8) is 0 Å². The number of aromatic nitrogens is 1. The maximum atomic E-state index is 12.6. The zero-order chi connectivity index (χ0) is 18.9. The van der Waals surface area contributed by atoms with Gasteiger partial charge >= 0.3 is 0 Å². The molecule has 0 bridgehead atoms. The number of benzene rings is 1. The molecule has 1 N–H and O–H groups in total. The van der Waals surface area contributed by atoms with E-state index in [9.17, 15) is 9.59 Å². The van der Waals surface area contributed by atoms with E-state index in [0.717, 1.165) is 18.5 Å². The molecule has 0 saturated heterocycles. The molecule has 1 aromatic carbocycles. The summed E-state index contributed by atoms with van der Waals surface area (Å²) < 4.78 is 0. The minimum Gasteiger partial charge on any atom is -0.352 e. The van der Waals surface area contributed by atoms with Crippen LogP contribution in [-0.4, -0.2) is 60.8 Å². The number of nitrogens with zero attached hydrogens (tertiary/aromatic N) is 3. The van der Waals surface area contributed by atoms with E-state index in [4.69, 9.17) is 0 Å². The van der Waals surface area contributed by atoms with Gasteiger partial charge in [0.25, 0.3) is 11.8 Å². The molecule has 0 aliphatic rings. The van der Waals surface area contributed by atoms with Gasteiger partial charge < -0.3 is 15.1 Å². The topological polar surface area (TPSA) is 65.5 Å². The van der Waals surface area contributed by atoms with Gasteiger partial charge in [-0.15, -0.1) is 0 Å². The van der Waals surface area contributed by atoms with Crippen molar-refractivity contribution in [2.24, 2.45) is 0 Å². The largest absolute Gasteiger partial charge is 0.352 e. The molecular weight excluding hydrogens is 328 g/mol. The summed E-state index contributed by atoms with van der Waals surface area (Å²) in [6.07, 6.45) is 2.37. The molecule has 2 amide bonds. The number of amides is 2. The summed E-state index contributed by atoms with van der Waals surface area (Å²) in [4.78, 5) is 32.6. The molecule has 2 aromatic rings. The van der Waals surface area contributed by atoms with Crippen molar-refractivity contribution < 1.29 is 9.59 Å². The van der Waals surface area contributed by atoms with Crippen molar-refractivity contribution in [3.8, 4) is 0 Å². The summed E-state index contributed by atoms with van der Waals surface area (Å²) in [7, 11) is 5.72. The maximum absolute atomic E-state index is 12.6. The highest BCUT2D eigenvalue weighted by Gasteiger charge is 2.15. The second-order valence-corrected chi connectivity index (χ2v) is 6.49. The smallest absolute Gasteiger partial charge is 0.272 e. The van der Waals surface area contributed by atoms with Crippen molar-refractivity contribution in [3.05, 3.63) is 65.5 Å². The normalized spacial score (nSPS) is 10.6. The van der Waals surface area contributed by atoms with Gasteiger partial charge in [-0.1, -0.05) is 30.3 Å². The Hall–Kier alpha value is -2.73. The van der Waals surface area contributed by atoms with Gasteiger partial charge in [-0.05, 0) is 44.8 Å². The third kappa shape index (κ3) is 5.97. The van der Waals surface area contributed by atoms with E-state index in [-0.39, 0.29) is 17.5 Å². The Labute approximate surface area is 154 Å². The SMILES string of the molecule is CN(C)CCCNC(=O)c1ccnc(C(=O)N(C)Cc2ccccc2)c1. The van der Waals surface area contributed by atoms with Crippen molar-refractivity contribution >= 4 is 11.8 Å². The van der Waals surface area contributed by atoms with Crippen LogP contribution < -0.4 is 5.32 Å². The standard InChI is InChI=1S/C20H26N4O2/c1-23(2)13-7-11-22-19(25)17-10-12-21-18(14-17)20(26)24(3)15-16-8-5-4-6-9-16/h4-6,8-10,12,14H,7,11,13,15H2,1-3H3,(H,22,25). The van der Waals surface area contributed by atoms with Gasteiger partial charge in [-0.3, -0.25) is 14.6 Å². The van der Waals surface area contributed by atoms with Gasteiger partial charge in [0.1, 0.15) is 5.69 Å². The predicted octanol–water partition coefficient (Wildman–Crippen LogP) is 2.04. The second kappa shape index (κ2) is 9.68. The molecule has 0 unspecified atom stereocenters. The third-order valence-corrected chi connectivity index (χ3v) is 3.92. The Morgan fingerprint density at radius 1 is 1.08 bits per heavy atom. The molecule has 0 spiro atoms. The van der Waals surface area contributed by atoms with E-state index >= 15 is 0 Å². The zero-order valence-corrected chi connectivity index (χ0v) is 15.6. The van der Waals surface area contributed by atoms with E-state index in [2.05, 4.69) is 15.2 Å². The Balaban J connectivity index is 1.96. The quantitative estimate of drug-likeness (QED) is 0.737. The van der Waals surface area contributed by atoms with Crippen LogP contribution in [0.2, 0.25) is 0 Å². The summed E-state index contributed by atoms with van der Waals surface area (Å²) in [5, 5.41) is 2.87. The average molecular weight is 354 g/mol. The highest BCUT2D eigenvalue weighted by molar-refractivity contribution is 5.98. The molecule has 0 radical (unpaired) electrons. The van der Waals surface area contributed by atoms with Gasteiger partial charge in [0.15, 0.2) is 0 Å². The average Bonchev–Trinajstić information content (AvgIpc) is 2.65. The molecule has 0 aliphatic carbocycles. The number of carbonyl (C=O) groups is 2. The number of hydrogen-bond acceptors (Lipinski definition) is 4. The van der Waals surface area contributed by atoms with Crippen LogP contribution in [0.3, 0.4) is 0 Å². The van der Waals surface area contributed by atoms with Crippen molar-refractivity contribution in [2.75, 3.05) is 34.2 Å².